The van der Waals surface area contributed by atoms with Gasteiger partial charge in [-0.1, -0.05) is 25.4 Å². The third-order valence-corrected chi connectivity index (χ3v) is 6.14. The topological polar surface area (TPSA) is 51.2 Å². The van der Waals surface area contributed by atoms with E-state index in [0.29, 0.717) is 0 Å². The number of alkyl halides is 1. The molecule has 0 aliphatic rings. The maximum absolute atomic E-state index is 12.8. The van der Waals surface area contributed by atoms with Crippen LogP contribution < -0.4 is 0 Å². The Balaban J connectivity index is 3.26. The predicted octanol–water partition coefficient (Wildman–Crippen LogP) is 2.79. The first-order valence-electron chi connectivity index (χ1n) is 5.50. The van der Waals surface area contributed by atoms with Gasteiger partial charge in [0.2, 0.25) is 4.21 Å². The maximum atomic E-state index is 12.8. The minimum atomic E-state index is -3.75. The third kappa shape index (κ3) is 2.57. The number of hydrogen-bond acceptors (Lipinski definition) is 3. The molecule has 0 spiro atoms. The number of carbonyl (C=O) groups is 1. The first-order chi connectivity index (χ1) is 8.28. The minimum absolute atomic E-state index is 0.0407. The van der Waals surface area contributed by atoms with Gasteiger partial charge in [-0.2, -0.15) is 0 Å². The highest BCUT2D eigenvalue weighted by molar-refractivity contribution is 7.95. The molecule has 0 amide bonds. The van der Waals surface area contributed by atoms with Crippen molar-refractivity contribution in [3.8, 4) is 0 Å². The van der Waals surface area contributed by atoms with E-state index in [4.69, 9.17) is 11.6 Å². The quantitative estimate of drug-likeness (QED) is 0.619. The van der Waals surface area contributed by atoms with Crippen LogP contribution in [0, 0.1) is 5.82 Å². The highest BCUT2D eigenvalue weighted by Gasteiger charge is 2.46. The molecule has 3 nitrogen and oxygen atoms in total. The highest BCUT2D eigenvalue weighted by Crippen LogP contribution is 2.32. The highest BCUT2D eigenvalue weighted by atomic mass is 35.5. The van der Waals surface area contributed by atoms with Gasteiger partial charge in [0.05, 0.1) is 0 Å². The van der Waals surface area contributed by atoms with Crippen LogP contribution in [0.4, 0.5) is 4.39 Å². The summed E-state index contributed by atoms with van der Waals surface area (Å²) in [6, 6.07) is 4.66. The molecule has 0 saturated heterocycles. The lowest BCUT2D eigenvalue weighted by molar-refractivity contribution is 0.0970. The third-order valence-electron chi connectivity index (χ3n) is 2.77. The van der Waals surface area contributed by atoms with Crippen molar-refractivity contribution in [1.29, 1.82) is 0 Å². The number of hydrogen-bond donors (Lipinski definition) is 0. The summed E-state index contributed by atoms with van der Waals surface area (Å²) in [7, 11) is -3.75. The number of ketones is 1. The molecule has 0 bridgehead atoms. The number of halogens is 2. The van der Waals surface area contributed by atoms with Crippen LogP contribution >= 0.6 is 11.6 Å². The van der Waals surface area contributed by atoms with Crippen molar-refractivity contribution in [2.75, 3.05) is 5.75 Å². The number of benzene rings is 1. The zero-order chi connectivity index (χ0) is 14.0. The van der Waals surface area contributed by atoms with Crippen molar-refractivity contribution in [1.82, 2.24) is 0 Å². The lowest BCUT2D eigenvalue weighted by Gasteiger charge is -2.23. The molecule has 1 aromatic carbocycles. The fraction of sp³-hybridized carbons (Fsp3) is 0.417. The van der Waals surface area contributed by atoms with Crippen LogP contribution in [-0.2, 0) is 9.84 Å². The first-order valence-corrected chi connectivity index (χ1v) is 7.53. The lowest BCUT2D eigenvalue weighted by Crippen LogP contribution is -2.41. The molecule has 1 aromatic rings. The van der Waals surface area contributed by atoms with E-state index in [9.17, 15) is 17.6 Å². The standard InChI is InChI=1S/C12H14ClFO3S/c1-3-12(13,18(16,17)4-2)11(15)9-5-7-10(14)8-6-9/h5-8H,3-4H2,1-2H3/t12-/m1/s1. The Kier molecular flexibility index (Phi) is 4.50. The molecule has 0 aliphatic carbocycles. The number of Topliss-reactive ketones (excluding diaryl/α,β-unsaturated/α-hetero) is 1. The lowest BCUT2D eigenvalue weighted by atomic mass is 10.1. The molecule has 100 valence electrons. The Hall–Kier alpha value is -0.940. The monoisotopic (exact) mass is 292 g/mol. The van der Waals surface area contributed by atoms with Gasteiger partial charge in [0.15, 0.2) is 15.6 Å². The molecule has 1 atom stereocenters. The van der Waals surface area contributed by atoms with E-state index >= 15 is 0 Å². The normalized spacial score (nSPS) is 15.1. The summed E-state index contributed by atoms with van der Waals surface area (Å²) in [6.07, 6.45) is -0.0407. The molecular weight excluding hydrogens is 279 g/mol. The van der Waals surface area contributed by atoms with Crippen LogP contribution in [-0.4, -0.2) is 24.2 Å². The Labute approximate surface area is 111 Å². The molecule has 0 heterocycles. The fourth-order valence-electron chi connectivity index (χ4n) is 1.57. The molecule has 0 fully saturated rings. The summed E-state index contributed by atoms with van der Waals surface area (Å²) < 4.78 is 34.6. The zero-order valence-electron chi connectivity index (χ0n) is 10.1. The van der Waals surface area contributed by atoms with Crippen LogP contribution in [0.3, 0.4) is 0 Å². The second-order valence-corrected chi connectivity index (χ2v) is 7.19. The molecule has 0 unspecified atom stereocenters. The molecular formula is C12H14ClFO3S. The van der Waals surface area contributed by atoms with Crippen molar-refractivity contribution >= 4 is 27.2 Å². The Bertz CT molecular complexity index is 539. The van der Waals surface area contributed by atoms with E-state index in [2.05, 4.69) is 0 Å². The van der Waals surface area contributed by atoms with Gasteiger partial charge in [-0.3, -0.25) is 4.79 Å². The number of carbonyl (C=O) groups excluding carboxylic acids is 1. The minimum Gasteiger partial charge on any atom is -0.291 e. The summed E-state index contributed by atoms with van der Waals surface area (Å²) in [6.45, 7) is 2.96. The van der Waals surface area contributed by atoms with E-state index in [1.807, 2.05) is 0 Å². The van der Waals surface area contributed by atoms with Crippen molar-refractivity contribution in [2.24, 2.45) is 0 Å². The van der Waals surface area contributed by atoms with Gasteiger partial charge >= 0.3 is 0 Å². The van der Waals surface area contributed by atoms with Crippen molar-refractivity contribution in [3.63, 3.8) is 0 Å². The van der Waals surface area contributed by atoms with Gasteiger partial charge < -0.3 is 0 Å². The molecule has 0 saturated carbocycles. The van der Waals surface area contributed by atoms with Gasteiger partial charge in [0.25, 0.3) is 0 Å². The van der Waals surface area contributed by atoms with Crippen LogP contribution in [0.25, 0.3) is 0 Å². The summed E-state index contributed by atoms with van der Waals surface area (Å²) in [5.74, 6) is -1.44. The SMILES string of the molecule is CC[C@](Cl)(C(=O)c1ccc(F)cc1)S(=O)(=O)CC. The van der Waals surface area contributed by atoms with Crippen LogP contribution in [0.5, 0.6) is 0 Å². The summed E-state index contributed by atoms with van der Waals surface area (Å²) in [4.78, 5) is 12.2. The smallest absolute Gasteiger partial charge is 0.207 e. The maximum Gasteiger partial charge on any atom is 0.207 e. The molecule has 0 aromatic heterocycles. The second-order valence-electron chi connectivity index (χ2n) is 3.82. The fourth-order valence-corrected chi connectivity index (χ4v) is 3.30. The van der Waals surface area contributed by atoms with Crippen molar-refractivity contribution in [3.05, 3.63) is 35.6 Å². The molecule has 0 radical (unpaired) electrons. The summed E-state index contributed by atoms with van der Waals surface area (Å²) >= 11 is 6.01. The summed E-state index contributed by atoms with van der Waals surface area (Å²) in [5.41, 5.74) is 0.0882. The molecule has 18 heavy (non-hydrogen) atoms. The molecule has 0 N–H and O–H groups in total. The van der Waals surface area contributed by atoms with Gasteiger partial charge in [-0.05, 0) is 30.7 Å². The van der Waals surface area contributed by atoms with Gasteiger partial charge in [0, 0.05) is 11.3 Å². The van der Waals surface area contributed by atoms with Gasteiger partial charge in [0.1, 0.15) is 5.82 Å². The zero-order valence-corrected chi connectivity index (χ0v) is 11.7. The average Bonchev–Trinajstić information content (AvgIpc) is 2.37. The largest absolute Gasteiger partial charge is 0.291 e. The van der Waals surface area contributed by atoms with Crippen molar-refractivity contribution in [2.45, 2.75) is 24.5 Å². The molecule has 0 aliphatic heterocycles. The van der Waals surface area contributed by atoms with E-state index in [1.54, 1.807) is 0 Å². The van der Waals surface area contributed by atoms with Crippen LogP contribution in [0.15, 0.2) is 24.3 Å². The van der Waals surface area contributed by atoms with Crippen LogP contribution in [0.1, 0.15) is 30.6 Å². The Morgan fingerprint density at radius 1 is 1.28 bits per heavy atom. The first kappa shape index (κ1) is 15.1. The average molecular weight is 293 g/mol. The van der Waals surface area contributed by atoms with Crippen LogP contribution in [0.2, 0.25) is 0 Å². The Morgan fingerprint density at radius 3 is 2.17 bits per heavy atom. The van der Waals surface area contributed by atoms with E-state index in [-0.39, 0.29) is 17.7 Å². The predicted molar refractivity (Wildman–Crippen MR) is 69.1 cm³/mol. The molecule has 6 heteroatoms. The van der Waals surface area contributed by atoms with Crippen molar-refractivity contribution < 1.29 is 17.6 Å². The van der Waals surface area contributed by atoms with Gasteiger partial charge in [-0.25, -0.2) is 12.8 Å². The van der Waals surface area contributed by atoms with E-state index in [1.165, 1.54) is 26.0 Å². The van der Waals surface area contributed by atoms with Gasteiger partial charge in [-0.15, -0.1) is 0 Å². The molecule has 1 rings (SSSR count). The van der Waals surface area contributed by atoms with E-state index in [0.717, 1.165) is 12.1 Å². The summed E-state index contributed by atoms with van der Waals surface area (Å²) in [5, 5.41) is 0. The second kappa shape index (κ2) is 5.36. The number of sulfone groups is 1. The van der Waals surface area contributed by atoms with E-state index < -0.39 is 25.6 Å². The number of rotatable bonds is 5. The Morgan fingerprint density at radius 2 is 1.78 bits per heavy atom.